The lowest BCUT2D eigenvalue weighted by Crippen LogP contribution is -2.40. The molecule has 0 bridgehead atoms. The Hall–Kier alpha value is -3.15. The standard InChI is InChI=1S/C20H19N3O3/c24-19-8-5-15-11-16(22-20(25)18-4-2-10-26-18)6-7-17(15)23(19)13-14-3-1-9-21-12-14/h1-5,8-10,12,16H,6-7,11,13H2,(H,22,25). The minimum Gasteiger partial charge on any atom is -0.459 e. The highest BCUT2D eigenvalue weighted by atomic mass is 16.3. The number of rotatable bonds is 4. The maximum atomic E-state index is 12.4. The van der Waals surface area contributed by atoms with Crippen molar-refractivity contribution in [2.75, 3.05) is 0 Å². The molecule has 1 amide bonds. The van der Waals surface area contributed by atoms with Gasteiger partial charge in [-0.3, -0.25) is 14.6 Å². The molecule has 0 saturated heterocycles. The summed E-state index contributed by atoms with van der Waals surface area (Å²) in [6.07, 6.45) is 7.22. The second kappa shape index (κ2) is 7.00. The molecule has 0 fully saturated rings. The number of aromatic nitrogens is 2. The summed E-state index contributed by atoms with van der Waals surface area (Å²) < 4.78 is 6.96. The number of carbonyl (C=O) groups excluding carboxylic acids is 1. The van der Waals surface area contributed by atoms with Gasteiger partial charge < -0.3 is 14.3 Å². The van der Waals surface area contributed by atoms with Gasteiger partial charge in [0.2, 0.25) is 0 Å². The molecule has 0 saturated carbocycles. The van der Waals surface area contributed by atoms with Crippen LogP contribution in [0.15, 0.2) is 64.3 Å². The third-order valence-corrected chi connectivity index (χ3v) is 4.73. The molecule has 3 aromatic rings. The average Bonchev–Trinajstić information content (AvgIpc) is 3.20. The lowest BCUT2D eigenvalue weighted by atomic mass is 9.91. The van der Waals surface area contributed by atoms with Crippen LogP contribution in [0.4, 0.5) is 0 Å². The zero-order chi connectivity index (χ0) is 17.9. The molecule has 0 aliphatic heterocycles. The fraction of sp³-hybridized carbons (Fsp3) is 0.250. The van der Waals surface area contributed by atoms with Gasteiger partial charge in [0, 0.05) is 30.2 Å². The number of furan rings is 1. The summed E-state index contributed by atoms with van der Waals surface area (Å²) in [7, 11) is 0. The summed E-state index contributed by atoms with van der Waals surface area (Å²) in [5.41, 5.74) is 3.14. The highest BCUT2D eigenvalue weighted by Gasteiger charge is 2.24. The number of amides is 1. The van der Waals surface area contributed by atoms with Crippen molar-refractivity contribution in [3.63, 3.8) is 0 Å². The van der Waals surface area contributed by atoms with Crippen LogP contribution in [-0.2, 0) is 19.4 Å². The number of hydrogen-bond acceptors (Lipinski definition) is 4. The van der Waals surface area contributed by atoms with Gasteiger partial charge in [-0.1, -0.05) is 12.1 Å². The highest BCUT2D eigenvalue weighted by Crippen LogP contribution is 2.21. The molecule has 1 atom stereocenters. The molecule has 6 heteroatoms. The van der Waals surface area contributed by atoms with Crippen LogP contribution in [-0.4, -0.2) is 21.5 Å². The van der Waals surface area contributed by atoms with Crippen LogP contribution in [0.1, 0.15) is 33.8 Å². The summed E-state index contributed by atoms with van der Waals surface area (Å²) >= 11 is 0. The molecule has 6 nitrogen and oxygen atoms in total. The first kappa shape index (κ1) is 16.3. The molecular weight excluding hydrogens is 330 g/mol. The van der Waals surface area contributed by atoms with Crippen molar-refractivity contribution >= 4 is 5.91 Å². The smallest absolute Gasteiger partial charge is 0.287 e. The molecule has 1 aliphatic carbocycles. The van der Waals surface area contributed by atoms with E-state index in [1.54, 1.807) is 30.6 Å². The number of fused-ring (bicyclic) bond motifs is 1. The summed E-state index contributed by atoms with van der Waals surface area (Å²) in [5.74, 6) is 0.115. The Kier molecular flexibility index (Phi) is 4.39. The van der Waals surface area contributed by atoms with E-state index in [1.807, 2.05) is 22.8 Å². The number of nitrogens with zero attached hydrogens (tertiary/aromatic N) is 2. The van der Waals surface area contributed by atoms with Gasteiger partial charge in [-0.05, 0) is 48.6 Å². The first-order valence-corrected chi connectivity index (χ1v) is 8.65. The van der Waals surface area contributed by atoms with E-state index in [4.69, 9.17) is 4.42 Å². The quantitative estimate of drug-likeness (QED) is 0.783. The van der Waals surface area contributed by atoms with Gasteiger partial charge in [0.25, 0.3) is 11.5 Å². The van der Waals surface area contributed by atoms with Crippen molar-refractivity contribution in [3.05, 3.63) is 88.0 Å². The van der Waals surface area contributed by atoms with Crippen molar-refractivity contribution in [2.45, 2.75) is 31.8 Å². The molecule has 4 rings (SSSR count). The predicted molar refractivity (Wildman–Crippen MR) is 96.0 cm³/mol. The second-order valence-electron chi connectivity index (χ2n) is 6.48. The molecule has 3 heterocycles. The summed E-state index contributed by atoms with van der Waals surface area (Å²) in [6.45, 7) is 0.513. The lowest BCUT2D eigenvalue weighted by Gasteiger charge is -2.27. The Morgan fingerprint density at radius 3 is 2.96 bits per heavy atom. The van der Waals surface area contributed by atoms with Gasteiger partial charge in [-0.25, -0.2) is 0 Å². The maximum Gasteiger partial charge on any atom is 0.287 e. The van der Waals surface area contributed by atoms with Gasteiger partial charge in [0.1, 0.15) is 0 Å². The van der Waals surface area contributed by atoms with E-state index in [9.17, 15) is 9.59 Å². The number of carbonyl (C=O) groups is 1. The van der Waals surface area contributed by atoms with Crippen molar-refractivity contribution in [3.8, 4) is 0 Å². The predicted octanol–water partition coefficient (Wildman–Crippen LogP) is 2.17. The van der Waals surface area contributed by atoms with E-state index in [0.717, 1.165) is 29.7 Å². The topological polar surface area (TPSA) is 77.1 Å². The molecule has 0 aromatic carbocycles. The molecule has 1 aliphatic rings. The van der Waals surface area contributed by atoms with Crippen LogP contribution < -0.4 is 10.9 Å². The van der Waals surface area contributed by atoms with E-state index in [-0.39, 0.29) is 17.5 Å². The van der Waals surface area contributed by atoms with Crippen LogP contribution in [0.25, 0.3) is 0 Å². The first-order valence-electron chi connectivity index (χ1n) is 8.65. The summed E-state index contributed by atoms with van der Waals surface area (Å²) in [6, 6.07) is 10.7. The Bertz CT molecular complexity index is 962. The van der Waals surface area contributed by atoms with E-state index >= 15 is 0 Å². The third kappa shape index (κ3) is 3.31. The van der Waals surface area contributed by atoms with Crippen LogP contribution in [0, 0.1) is 0 Å². The Labute approximate surface area is 150 Å². The fourth-order valence-corrected chi connectivity index (χ4v) is 3.46. The lowest BCUT2D eigenvalue weighted by molar-refractivity contribution is 0.0905. The van der Waals surface area contributed by atoms with Crippen molar-refractivity contribution in [1.29, 1.82) is 0 Å². The van der Waals surface area contributed by atoms with E-state index in [0.29, 0.717) is 18.7 Å². The van der Waals surface area contributed by atoms with Gasteiger partial charge in [0.05, 0.1) is 12.8 Å². The van der Waals surface area contributed by atoms with Gasteiger partial charge in [-0.2, -0.15) is 0 Å². The maximum absolute atomic E-state index is 12.4. The van der Waals surface area contributed by atoms with Crippen molar-refractivity contribution in [1.82, 2.24) is 14.9 Å². The van der Waals surface area contributed by atoms with E-state index < -0.39 is 0 Å². The number of pyridine rings is 2. The Balaban J connectivity index is 1.54. The second-order valence-corrected chi connectivity index (χ2v) is 6.48. The fourth-order valence-electron chi connectivity index (χ4n) is 3.46. The van der Waals surface area contributed by atoms with Crippen molar-refractivity contribution < 1.29 is 9.21 Å². The molecule has 0 spiro atoms. The minimum absolute atomic E-state index is 0.00864. The Morgan fingerprint density at radius 2 is 2.19 bits per heavy atom. The van der Waals surface area contributed by atoms with Crippen LogP contribution in [0.5, 0.6) is 0 Å². The zero-order valence-corrected chi connectivity index (χ0v) is 14.2. The molecule has 1 N–H and O–H groups in total. The first-order chi connectivity index (χ1) is 12.7. The molecule has 132 valence electrons. The number of nitrogens with one attached hydrogen (secondary N) is 1. The highest BCUT2D eigenvalue weighted by molar-refractivity contribution is 5.91. The van der Waals surface area contributed by atoms with E-state index in [1.165, 1.54) is 6.26 Å². The molecule has 26 heavy (non-hydrogen) atoms. The monoisotopic (exact) mass is 349 g/mol. The van der Waals surface area contributed by atoms with Crippen molar-refractivity contribution in [2.24, 2.45) is 0 Å². The SMILES string of the molecule is O=C(NC1CCc2c(ccc(=O)n2Cc2cccnc2)C1)c1ccco1. The molecule has 3 aromatic heterocycles. The van der Waals surface area contributed by atoms with Gasteiger partial charge in [0.15, 0.2) is 5.76 Å². The average molecular weight is 349 g/mol. The molecule has 1 unspecified atom stereocenters. The third-order valence-electron chi connectivity index (χ3n) is 4.73. The van der Waals surface area contributed by atoms with Gasteiger partial charge >= 0.3 is 0 Å². The summed E-state index contributed by atoms with van der Waals surface area (Å²) in [4.78, 5) is 28.7. The Morgan fingerprint density at radius 1 is 1.27 bits per heavy atom. The normalized spacial score (nSPS) is 16.1. The number of hydrogen-bond donors (Lipinski definition) is 1. The summed E-state index contributed by atoms with van der Waals surface area (Å²) in [5, 5.41) is 3.02. The van der Waals surface area contributed by atoms with E-state index in [2.05, 4.69) is 10.3 Å². The minimum atomic E-state index is -0.202. The van der Waals surface area contributed by atoms with Crippen LogP contribution >= 0.6 is 0 Å². The zero-order valence-electron chi connectivity index (χ0n) is 14.2. The van der Waals surface area contributed by atoms with Crippen LogP contribution in [0.2, 0.25) is 0 Å². The largest absolute Gasteiger partial charge is 0.459 e. The molecule has 0 radical (unpaired) electrons. The molecular formula is C20H19N3O3. The van der Waals surface area contributed by atoms with Gasteiger partial charge in [-0.15, -0.1) is 0 Å². The van der Waals surface area contributed by atoms with Crippen LogP contribution in [0.3, 0.4) is 0 Å².